The zero-order valence-electron chi connectivity index (χ0n) is 11.2. The van der Waals surface area contributed by atoms with Crippen LogP contribution in [0.15, 0.2) is 0 Å². The number of likely N-dealkylation sites (N-methyl/N-ethyl adjacent to an activating group) is 1. The van der Waals surface area contributed by atoms with Gasteiger partial charge in [0.1, 0.15) is 0 Å². The lowest BCUT2D eigenvalue weighted by molar-refractivity contribution is 0.158. The van der Waals surface area contributed by atoms with Crippen molar-refractivity contribution in [2.75, 3.05) is 33.2 Å². The van der Waals surface area contributed by atoms with E-state index < -0.39 is 0 Å². The molecular weight excluding hydrogens is 198 g/mol. The Morgan fingerprint density at radius 2 is 2.06 bits per heavy atom. The predicted molar refractivity (Wildman–Crippen MR) is 67.2 cm³/mol. The Labute approximate surface area is 100 Å². The lowest BCUT2D eigenvalue weighted by atomic mass is 9.92. The molecule has 16 heavy (non-hydrogen) atoms. The molecular formula is C13H25N3. The highest BCUT2D eigenvalue weighted by Crippen LogP contribution is 2.24. The highest BCUT2D eigenvalue weighted by Gasteiger charge is 2.32. The molecule has 1 saturated heterocycles. The monoisotopic (exact) mass is 223 g/mol. The molecule has 0 N–H and O–H groups in total. The van der Waals surface area contributed by atoms with Crippen LogP contribution in [0.5, 0.6) is 0 Å². The molecule has 0 saturated carbocycles. The first-order valence-electron chi connectivity index (χ1n) is 6.28. The Balaban J connectivity index is 2.77. The van der Waals surface area contributed by atoms with Gasteiger partial charge in [0.25, 0.3) is 0 Å². The maximum absolute atomic E-state index is 8.92. The van der Waals surface area contributed by atoms with Crippen molar-refractivity contribution in [1.29, 1.82) is 5.26 Å². The third kappa shape index (κ3) is 3.77. The van der Waals surface area contributed by atoms with Gasteiger partial charge in [-0.05, 0) is 25.4 Å². The number of nitriles is 1. The lowest BCUT2D eigenvalue weighted by Crippen LogP contribution is -2.41. The Hall–Kier alpha value is -0.590. The summed E-state index contributed by atoms with van der Waals surface area (Å²) >= 11 is 0. The first-order valence-corrected chi connectivity index (χ1v) is 6.28. The van der Waals surface area contributed by atoms with Gasteiger partial charge in [-0.25, -0.2) is 0 Å². The maximum Gasteiger partial charge on any atom is 0.0638 e. The average molecular weight is 223 g/mol. The van der Waals surface area contributed by atoms with Crippen LogP contribution in [0.4, 0.5) is 0 Å². The Bertz CT molecular complexity index is 254. The van der Waals surface area contributed by atoms with E-state index in [4.69, 9.17) is 5.26 Å². The van der Waals surface area contributed by atoms with Gasteiger partial charge in [-0.2, -0.15) is 5.26 Å². The summed E-state index contributed by atoms with van der Waals surface area (Å²) in [5, 5.41) is 8.92. The standard InChI is InChI=1S/C13H25N3/c1-5-8-16-11-13(2,3)10-15(4)9-12(16)6-7-14/h12H,5-6,8-11H2,1-4H3. The van der Waals surface area contributed by atoms with Crippen molar-refractivity contribution >= 4 is 0 Å². The first-order chi connectivity index (χ1) is 7.48. The predicted octanol–water partition coefficient (Wildman–Crippen LogP) is 1.95. The van der Waals surface area contributed by atoms with E-state index in [-0.39, 0.29) is 0 Å². The van der Waals surface area contributed by atoms with Gasteiger partial charge in [0.2, 0.25) is 0 Å². The zero-order valence-corrected chi connectivity index (χ0v) is 11.2. The third-order valence-electron chi connectivity index (χ3n) is 3.21. The number of hydrogen-bond acceptors (Lipinski definition) is 3. The summed E-state index contributed by atoms with van der Waals surface area (Å²) in [5.74, 6) is 0. The van der Waals surface area contributed by atoms with Crippen molar-refractivity contribution in [1.82, 2.24) is 9.80 Å². The number of rotatable bonds is 3. The lowest BCUT2D eigenvalue weighted by Gasteiger charge is -2.32. The Kier molecular flexibility index (Phi) is 4.76. The molecule has 0 radical (unpaired) electrons. The van der Waals surface area contributed by atoms with E-state index in [1.807, 2.05) is 0 Å². The van der Waals surface area contributed by atoms with E-state index in [1.165, 1.54) is 6.42 Å². The van der Waals surface area contributed by atoms with E-state index in [9.17, 15) is 0 Å². The molecule has 0 amide bonds. The second-order valence-electron chi connectivity index (χ2n) is 5.85. The molecule has 0 aliphatic carbocycles. The second kappa shape index (κ2) is 5.65. The summed E-state index contributed by atoms with van der Waals surface area (Å²) in [7, 11) is 2.17. The van der Waals surface area contributed by atoms with Crippen molar-refractivity contribution in [2.45, 2.75) is 39.7 Å². The molecule has 0 bridgehead atoms. The van der Waals surface area contributed by atoms with Crippen LogP contribution in [0.25, 0.3) is 0 Å². The zero-order chi connectivity index (χ0) is 12.2. The first kappa shape index (κ1) is 13.5. The van der Waals surface area contributed by atoms with Crippen molar-refractivity contribution in [3.8, 4) is 6.07 Å². The van der Waals surface area contributed by atoms with Gasteiger partial charge in [0.15, 0.2) is 0 Å². The average Bonchev–Trinajstić information content (AvgIpc) is 2.24. The van der Waals surface area contributed by atoms with E-state index in [1.54, 1.807) is 0 Å². The van der Waals surface area contributed by atoms with Gasteiger partial charge in [0, 0.05) is 25.7 Å². The van der Waals surface area contributed by atoms with E-state index in [0.717, 1.165) is 26.2 Å². The molecule has 0 aromatic rings. The second-order valence-corrected chi connectivity index (χ2v) is 5.85. The van der Waals surface area contributed by atoms with Crippen LogP contribution in [0, 0.1) is 16.7 Å². The Morgan fingerprint density at radius 3 is 2.62 bits per heavy atom. The normalized spacial score (nSPS) is 27.3. The largest absolute Gasteiger partial charge is 0.304 e. The molecule has 1 aliphatic rings. The fourth-order valence-corrected chi connectivity index (χ4v) is 2.85. The molecule has 1 atom stereocenters. The fraction of sp³-hybridized carbons (Fsp3) is 0.923. The molecule has 3 nitrogen and oxygen atoms in total. The highest BCUT2D eigenvalue weighted by molar-refractivity contribution is 4.91. The minimum absolute atomic E-state index is 0.328. The molecule has 1 unspecified atom stereocenters. The molecule has 1 heterocycles. The van der Waals surface area contributed by atoms with Gasteiger partial charge >= 0.3 is 0 Å². The van der Waals surface area contributed by atoms with Gasteiger partial charge in [-0.3, -0.25) is 4.90 Å². The molecule has 0 aromatic heterocycles. The van der Waals surface area contributed by atoms with E-state index in [0.29, 0.717) is 17.9 Å². The number of hydrogen-bond donors (Lipinski definition) is 0. The molecule has 1 fully saturated rings. The minimum Gasteiger partial charge on any atom is -0.304 e. The van der Waals surface area contributed by atoms with E-state index in [2.05, 4.69) is 43.7 Å². The summed E-state index contributed by atoms with van der Waals surface area (Å²) in [6.07, 6.45) is 1.82. The molecule has 0 aromatic carbocycles. The molecule has 1 rings (SSSR count). The summed E-state index contributed by atoms with van der Waals surface area (Å²) in [5.41, 5.74) is 0.328. The van der Waals surface area contributed by atoms with Crippen molar-refractivity contribution in [3.63, 3.8) is 0 Å². The van der Waals surface area contributed by atoms with E-state index >= 15 is 0 Å². The molecule has 3 heteroatoms. The van der Waals surface area contributed by atoms with Crippen molar-refractivity contribution < 1.29 is 0 Å². The SMILES string of the molecule is CCCN1CC(C)(C)CN(C)CC1CC#N. The summed E-state index contributed by atoms with van der Waals surface area (Å²) in [6, 6.07) is 2.75. The van der Waals surface area contributed by atoms with Crippen LogP contribution in [-0.4, -0.2) is 49.1 Å². The highest BCUT2D eigenvalue weighted by atomic mass is 15.2. The maximum atomic E-state index is 8.92. The minimum atomic E-state index is 0.328. The van der Waals surface area contributed by atoms with Crippen LogP contribution in [0.3, 0.4) is 0 Å². The van der Waals surface area contributed by atoms with Crippen LogP contribution in [0.2, 0.25) is 0 Å². The van der Waals surface area contributed by atoms with Crippen LogP contribution in [-0.2, 0) is 0 Å². The van der Waals surface area contributed by atoms with Crippen LogP contribution in [0.1, 0.15) is 33.6 Å². The van der Waals surface area contributed by atoms with Crippen molar-refractivity contribution in [3.05, 3.63) is 0 Å². The molecule has 92 valence electrons. The fourth-order valence-electron chi connectivity index (χ4n) is 2.85. The quantitative estimate of drug-likeness (QED) is 0.732. The summed E-state index contributed by atoms with van der Waals surface area (Å²) < 4.78 is 0. The molecule has 1 aliphatic heterocycles. The Morgan fingerprint density at radius 1 is 1.38 bits per heavy atom. The van der Waals surface area contributed by atoms with Crippen LogP contribution < -0.4 is 0 Å². The summed E-state index contributed by atoms with van der Waals surface area (Å²) in [6.45, 7) is 11.2. The van der Waals surface area contributed by atoms with Gasteiger partial charge in [0.05, 0.1) is 12.5 Å². The topological polar surface area (TPSA) is 30.3 Å². The van der Waals surface area contributed by atoms with Crippen LogP contribution >= 0.6 is 0 Å². The third-order valence-corrected chi connectivity index (χ3v) is 3.21. The van der Waals surface area contributed by atoms with Gasteiger partial charge in [-0.15, -0.1) is 0 Å². The smallest absolute Gasteiger partial charge is 0.0638 e. The summed E-state index contributed by atoms with van der Waals surface area (Å²) in [4.78, 5) is 4.88. The molecule has 0 spiro atoms. The van der Waals surface area contributed by atoms with Gasteiger partial charge < -0.3 is 4.90 Å². The van der Waals surface area contributed by atoms with Gasteiger partial charge in [-0.1, -0.05) is 20.8 Å². The van der Waals surface area contributed by atoms with Crippen molar-refractivity contribution in [2.24, 2.45) is 5.41 Å². The number of nitrogens with zero attached hydrogens (tertiary/aromatic N) is 3.